The summed E-state index contributed by atoms with van der Waals surface area (Å²) in [6, 6.07) is -0.752. The Morgan fingerprint density at radius 2 is 2.04 bits per heavy atom. The highest BCUT2D eigenvalue weighted by molar-refractivity contribution is 6.13. The van der Waals surface area contributed by atoms with Crippen LogP contribution in [0.2, 0.25) is 5.54 Å². The van der Waals surface area contributed by atoms with Crippen LogP contribution in [0.5, 0.6) is 0 Å². The molecular formula is C14H19F3N2O4Si. The number of aldehydes is 1. The molecule has 0 saturated carbocycles. The highest BCUT2D eigenvalue weighted by Crippen LogP contribution is 2.32. The number of carbonyl (C=O) groups excluding carboxylic acids is 2. The van der Waals surface area contributed by atoms with Crippen LogP contribution in [0.25, 0.3) is 0 Å². The van der Waals surface area contributed by atoms with Crippen LogP contribution >= 0.6 is 0 Å². The highest BCUT2D eigenvalue weighted by Gasteiger charge is 2.37. The van der Waals surface area contributed by atoms with Gasteiger partial charge in [0.1, 0.15) is 6.29 Å². The van der Waals surface area contributed by atoms with Gasteiger partial charge in [0.2, 0.25) is 0 Å². The topological polar surface area (TPSA) is 78.3 Å². The Morgan fingerprint density at radius 3 is 2.46 bits per heavy atom. The third kappa shape index (κ3) is 4.31. The Morgan fingerprint density at radius 1 is 1.46 bits per heavy atom. The van der Waals surface area contributed by atoms with E-state index in [0.29, 0.717) is 21.0 Å². The van der Waals surface area contributed by atoms with E-state index in [1.807, 2.05) is 13.8 Å². The smallest absolute Gasteiger partial charge is 0.418 e. The molecule has 0 N–H and O–H groups in total. The maximum absolute atomic E-state index is 13.0. The van der Waals surface area contributed by atoms with Crippen LogP contribution in [0.3, 0.4) is 0 Å². The standard InChI is InChI=1S/C14H19F3N2O4Si/c1-7(2)12(24)11(13(22)23-3)19-10(21)6-8(14(15,16)17)9(18-19)4-5-20/h5-7,11-12H,4H2,1-3,24H3/t11-,12?/m0/s1. The van der Waals surface area contributed by atoms with Gasteiger partial charge in [0.15, 0.2) is 6.04 Å². The van der Waals surface area contributed by atoms with Crippen LogP contribution in [-0.2, 0) is 26.9 Å². The normalized spacial score (nSPS) is 14.5. The molecule has 0 bridgehead atoms. The first-order chi connectivity index (χ1) is 11.0. The number of halogens is 3. The van der Waals surface area contributed by atoms with Crippen molar-refractivity contribution >= 4 is 22.5 Å². The van der Waals surface area contributed by atoms with Gasteiger partial charge in [-0.3, -0.25) is 4.79 Å². The molecule has 0 amide bonds. The second-order valence-corrected chi connectivity index (χ2v) is 7.06. The maximum atomic E-state index is 13.0. The zero-order valence-corrected chi connectivity index (χ0v) is 15.8. The molecule has 0 aromatic carbocycles. The minimum Gasteiger partial charge on any atom is -0.467 e. The van der Waals surface area contributed by atoms with E-state index in [0.717, 1.165) is 7.11 Å². The van der Waals surface area contributed by atoms with E-state index in [1.165, 1.54) is 0 Å². The van der Waals surface area contributed by atoms with E-state index >= 15 is 0 Å². The Bertz CT molecular complexity index is 673. The van der Waals surface area contributed by atoms with Gasteiger partial charge in [-0.1, -0.05) is 13.8 Å². The van der Waals surface area contributed by atoms with E-state index in [9.17, 15) is 27.6 Å². The molecule has 6 nitrogen and oxygen atoms in total. The van der Waals surface area contributed by atoms with Crippen molar-refractivity contribution in [1.29, 1.82) is 0 Å². The van der Waals surface area contributed by atoms with Crippen LogP contribution in [-0.4, -0.2) is 39.4 Å². The quantitative estimate of drug-likeness (QED) is 0.418. The fourth-order valence-electron chi connectivity index (χ4n) is 2.20. The molecule has 0 fully saturated rings. The van der Waals surface area contributed by atoms with Crippen molar-refractivity contribution < 1.29 is 27.5 Å². The third-order valence-corrected chi connectivity index (χ3v) is 5.84. The zero-order valence-electron chi connectivity index (χ0n) is 13.8. The lowest BCUT2D eigenvalue weighted by atomic mass is 10.0. The van der Waals surface area contributed by atoms with Crippen molar-refractivity contribution in [2.45, 2.75) is 38.0 Å². The van der Waals surface area contributed by atoms with E-state index in [-0.39, 0.29) is 17.7 Å². The number of rotatable bonds is 6. The monoisotopic (exact) mass is 364 g/mol. The van der Waals surface area contributed by atoms with Crippen LogP contribution in [0, 0.1) is 5.92 Å². The van der Waals surface area contributed by atoms with Crippen LogP contribution in [0.15, 0.2) is 10.9 Å². The number of aromatic nitrogens is 2. The van der Waals surface area contributed by atoms with Crippen molar-refractivity contribution in [3.63, 3.8) is 0 Å². The molecule has 10 heteroatoms. The number of hydrogen-bond donors (Lipinski definition) is 0. The Labute approximate surface area is 139 Å². The second-order valence-electron chi connectivity index (χ2n) is 5.73. The fourth-order valence-corrected chi connectivity index (χ4v) is 2.76. The van der Waals surface area contributed by atoms with Crippen LogP contribution in [0.4, 0.5) is 13.2 Å². The van der Waals surface area contributed by atoms with Crippen molar-refractivity contribution in [3.05, 3.63) is 27.7 Å². The summed E-state index contributed by atoms with van der Waals surface area (Å²) in [7, 11) is 1.62. The van der Waals surface area contributed by atoms with Gasteiger partial charge in [-0.25, -0.2) is 9.48 Å². The highest BCUT2D eigenvalue weighted by atomic mass is 28.1. The number of esters is 1. The summed E-state index contributed by atoms with van der Waals surface area (Å²) in [6.45, 7) is 3.66. The van der Waals surface area contributed by atoms with Gasteiger partial charge in [0, 0.05) is 22.7 Å². The molecule has 1 aromatic rings. The molecule has 1 rings (SSSR count). The molecule has 0 aliphatic carbocycles. The molecule has 0 aliphatic rings. The summed E-state index contributed by atoms with van der Waals surface area (Å²) in [5, 5.41) is 3.68. The van der Waals surface area contributed by atoms with E-state index < -0.39 is 41.4 Å². The molecule has 1 unspecified atom stereocenters. The van der Waals surface area contributed by atoms with E-state index in [1.54, 1.807) is 0 Å². The van der Waals surface area contributed by atoms with Crippen molar-refractivity contribution in [1.82, 2.24) is 9.78 Å². The molecule has 0 radical (unpaired) electrons. The maximum Gasteiger partial charge on any atom is 0.418 e. The third-order valence-electron chi connectivity index (χ3n) is 3.87. The Hall–Kier alpha value is -1.97. The number of alkyl halides is 3. The average Bonchev–Trinajstić information content (AvgIpc) is 2.48. The summed E-state index contributed by atoms with van der Waals surface area (Å²) in [6.07, 6.45) is -5.17. The first-order valence-electron chi connectivity index (χ1n) is 7.26. The molecule has 2 atom stereocenters. The molecule has 1 heterocycles. The zero-order chi connectivity index (χ0) is 18.7. The predicted octanol–water partition coefficient (Wildman–Crippen LogP) is 0.527. The van der Waals surface area contributed by atoms with Crippen LogP contribution < -0.4 is 5.56 Å². The van der Waals surface area contributed by atoms with Crippen molar-refractivity contribution in [2.75, 3.05) is 7.11 Å². The van der Waals surface area contributed by atoms with E-state index in [2.05, 4.69) is 9.84 Å². The lowest BCUT2D eigenvalue weighted by Crippen LogP contribution is -2.38. The lowest BCUT2D eigenvalue weighted by Gasteiger charge is -2.26. The SMILES string of the molecule is COC(=O)[C@H](C([SiH3])C(C)C)n1nc(CC=O)c(C(F)(F)F)cc1=O. The molecule has 0 aliphatic heterocycles. The van der Waals surface area contributed by atoms with Crippen molar-refractivity contribution in [3.8, 4) is 0 Å². The average molecular weight is 364 g/mol. The fraction of sp³-hybridized carbons (Fsp3) is 0.571. The van der Waals surface area contributed by atoms with Gasteiger partial charge < -0.3 is 9.53 Å². The summed E-state index contributed by atoms with van der Waals surface area (Å²) < 4.78 is 44.4. The molecular weight excluding hydrogens is 345 g/mol. The number of carbonyl (C=O) groups is 2. The molecule has 0 saturated heterocycles. The molecule has 1 aromatic heterocycles. The first-order valence-corrected chi connectivity index (χ1v) is 8.41. The van der Waals surface area contributed by atoms with Gasteiger partial charge in [0.25, 0.3) is 5.56 Å². The number of methoxy groups -OCH3 is 1. The number of hydrogen-bond acceptors (Lipinski definition) is 5. The van der Waals surface area contributed by atoms with Gasteiger partial charge >= 0.3 is 12.1 Å². The largest absolute Gasteiger partial charge is 0.467 e. The Balaban J connectivity index is 3.61. The second kappa shape index (κ2) is 7.73. The summed E-state index contributed by atoms with van der Waals surface area (Å²) in [5.74, 6) is -0.763. The molecule has 134 valence electrons. The lowest BCUT2D eigenvalue weighted by molar-refractivity contribution is -0.145. The Kier molecular flexibility index (Phi) is 6.47. The van der Waals surface area contributed by atoms with Crippen LogP contribution in [0.1, 0.15) is 31.1 Å². The number of ether oxygens (including phenoxy) is 1. The number of nitrogens with zero attached hydrogens (tertiary/aromatic N) is 2. The summed E-state index contributed by atoms with van der Waals surface area (Å²) in [5.41, 5.74) is -3.21. The van der Waals surface area contributed by atoms with Gasteiger partial charge in [-0.15, -0.1) is 0 Å². The van der Waals surface area contributed by atoms with E-state index in [4.69, 9.17) is 0 Å². The van der Waals surface area contributed by atoms with Gasteiger partial charge in [-0.2, -0.15) is 18.3 Å². The minimum atomic E-state index is -4.82. The first kappa shape index (κ1) is 20.1. The predicted molar refractivity (Wildman–Crippen MR) is 82.8 cm³/mol. The van der Waals surface area contributed by atoms with Gasteiger partial charge in [-0.05, 0) is 11.5 Å². The van der Waals surface area contributed by atoms with Gasteiger partial charge in [0.05, 0.1) is 18.4 Å². The molecule has 0 spiro atoms. The summed E-state index contributed by atoms with van der Waals surface area (Å²) >= 11 is 0. The minimum absolute atomic E-state index is 0.00807. The van der Waals surface area contributed by atoms with Crippen molar-refractivity contribution in [2.24, 2.45) is 5.92 Å². The molecule has 24 heavy (non-hydrogen) atoms. The summed E-state index contributed by atoms with van der Waals surface area (Å²) in [4.78, 5) is 34.9.